The molecule has 0 amide bonds. The van der Waals surface area contributed by atoms with Crippen LogP contribution in [0.5, 0.6) is 0 Å². The van der Waals surface area contributed by atoms with Crippen LogP contribution in [0.2, 0.25) is 0 Å². The van der Waals surface area contributed by atoms with Crippen molar-refractivity contribution in [1.29, 1.82) is 0 Å². The van der Waals surface area contributed by atoms with Crippen LogP contribution in [-0.4, -0.2) is 17.0 Å². The Morgan fingerprint density at radius 3 is 2.40 bits per heavy atom. The molecule has 0 fully saturated rings. The Balaban J connectivity index is 3.78. The summed E-state index contributed by atoms with van der Waals surface area (Å²) in [7, 11) is 0. The molecule has 0 aliphatic heterocycles. The van der Waals surface area contributed by atoms with Crippen molar-refractivity contribution < 1.29 is 0 Å². The summed E-state index contributed by atoms with van der Waals surface area (Å²) in [6.07, 6.45) is 0. The van der Waals surface area contributed by atoms with Crippen molar-refractivity contribution >= 4 is 22.6 Å². The highest BCUT2D eigenvalue weighted by molar-refractivity contribution is 14.1. The second kappa shape index (κ2) is 5.70. The van der Waals surface area contributed by atoms with E-state index in [9.17, 15) is 9.81 Å². The van der Waals surface area contributed by atoms with E-state index in [4.69, 9.17) is 0 Å². The van der Waals surface area contributed by atoms with Gasteiger partial charge in [-0.3, -0.25) is 0 Å². The highest BCUT2D eigenvalue weighted by Gasteiger charge is 2.16. The SMILES string of the molecule is CC(CI)C(CN=O)N=O. The summed E-state index contributed by atoms with van der Waals surface area (Å²) in [6.45, 7) is 1.89. The third kappa shape index (κ3) is 3.19. The van der Waals surface area contributed by atoms with E-state index in [1.807, 2.05) is 6.92 Å². The topological polar surface area (TPSA) is 58.9 Å². The third-order valence-corrected chi connectivity index (χ3v) is 2.69. The van der Waals surface area contributed by atoms with Crippen molar-refractivity contribution in [1.82, 2.24) is 0 Å². The molecule has 0 aliphatic carbocycles. The van der Waals surface area contributed by atoms with Gasteiger partial charge in [-0.05, 0) is 5.92 Å². The van der Waals surface area contributed by atoms with E-state index in [0.29, 0.717) is 0 Å². The first-order valence-electron chi connectivity index (χ1n) is 2.93. The first-order valence-corrected chi connectivity index (χ1v) is 4.46. The lowest BCUT2D eigenvalue weighted by Gasteiger charge is -2.09. The number of hydrogen-bond acceptors (Lipinski definition) is 4. The second-order valence-corrected chi connectivity index (χ2v) is 3.00. The number of nitrogens with zero attached hydrogens (tertiary/aromatic N) is 2. The Labute approximate surface area is 72.9 Å². The minimum absolute atomic E-state index is 0.00761. The molecule has 0 saturated carbocycles. The fourth-order valence-electron chi connectivity index (χ4n) is 0.496. The molecule has 4 nitrogen and oxygen atoms in total. The summed E-state index contributed by atoms with van der Waals surface area (Å²) in [6, 6.07) is -0.436. The predicted octanol–water partition coefficient (Wildman–Crippen LogP) is 1.96. The van der Waals surface area contributed by atoms with Crippen LogP contribution in [0.4, 0.5) is 0 Å². The molecule has 0 radical (unpaired) electrons. The number of nitroso groups, excluding NO2 is 2. The minimum Gasteiger partial charge on any atom is -0.151 e. The van der Waals surface area contributed by atoms with E-state index >= 15 is 0 Å². The highest BCUT2D eigenvalue weighted by Crippen LogP contribution is 2.10. The number of alkyl halides is 1. The molecule has 0 aromatic rings. The molecular formula is C5H9IN2O2. The molecule has 10 heavy (non-hydrogen) atoms. The van der Waals surface area contributed by atoms with Crippen LogP contribution in [0.25, 0.3) is 0 Å². The molecule has 58 valence electrons. The Hall–Kier alpha value is -0.0700. The van der Waals surface area contributed by atoms with Gasteiger partial charge in [0.2, 0.25) is 0 Å². The molecule has 0 N–H and O–H groups in total. The summed E-state index contributed by atoms with van der Waals surface area (Å²) >= 11 is 2.15. The molecular weight excluding hydrogens is 247 g/mol. The van der Waals surface area contributed by atoms with Gasteiger partial charge in [-0.2, -0.15) is 9.81 Å². The fourth-order valence-corrected chi connectivity index (χ4v) is 1.08. The maximum absolute atomic E-state index is 10.0. The van der Waals surface area contributed by atoms with Crippen LogP contribution in [0, 0.1) is 15.7 Å². The maximum atomic E-state index is 10.0. The van der Waals surface area contributed by atoms with E-state index in [1.165, 1.54) is 0 Å². The summed E-state index contributed by atoms with van der Waals surface area (Å²) in [5.41, 5.74) is 0. The minimum atomic E-state index is -0.436. The van der Waals surface area contributed by atoms with Crippen LogP contribution in [0.15, 0.2) is 10.4 Å². The first kappa shape index (κ1) is 9.93. The smallest absolute Gasteiger partial charge is 0.118 e. The predicted molar refractivity (Wildman–Crippen MR) is 48.3 cm³/mol. The van der Waals surface area contributed by atoms with Crippen molar-refractivity contribution in [2.24, 2.45) is 16.3 Å². The Morgan fingerprint density at radius 1 is 1.50 bits per heavy atom. The molecule has 5 heteroatoms. The van der Waals surface area contributed by atoms with Crippen LogP contribution < -0.4 is 0 Å². The number of rotatable bonds is 5. The molecule has 0 rings (SSSR count). The van der Waals surface area contributed by atoms with Gasteiger partial charge in [0.1, 0.15) is 12.6 Å². The van der Waals surface area contributed by atoms with E-state index in [0.717, 1.165) is 4.43 Å². The van der Waals surface area contributed by atoms with Crippen LogP contribution >= 0.6 is 22.6 Å². The van der Waals surface area contributed by atoms with Gasteiger partial charge in [0, 0.05) is 4.43 Å². The van der Waals surface area contributed by atoms with Gasteiger partial charge < -0.3 is 0 Å². The lowest BCUT2D eigenvalue weighted by atomic mass is 10.1. The molecule has 0 aromatic carbocycles. The highest BCUT2D eigenvalue weighted by atomic mass is 127. The van der Waals surface area contributed by atoms with Crippen molar-refractivity contribution in [3.63, 3.8) is 0 Å². The van der Waals surface area contributed by atoms with Gasteiger partial charge in [-0.25, -0.2) is 0 Å². The summed E-state index contributed by atoms with van der Waals surface area (Å²) < 4.78 is 0.823. The monoisotopic (exact) mass is 256 g/mol. The zero-order chi connectivity index (χ0) is 7.98. The standard InChI is InChI=1S/C5H9IN2O2/c1-4(2-6)5(8-10)3-7-9/h4-5H,2-3H2,1H3. The average molecular weight is 256 g/mol. The number of halogens is 1. The Kier molecular flexibility index (Phi) is 5.66. The third-order valence-electron chi connectivity index (χ3n) is 1.30. The normalized spacial score (nSPS) is 15.8. The average Bonchev–Trinajstić information content (AvgIpc) is 1.99. The largest absolute Gasteiger partial charge is 0.151 e. The van der Waals surface area contributed by atoms with E-state index in [1.54, 1.807) is 0 Å². The first-order chi connectivity index (χ1) is 4.76. The lowest BCUT2D eigenvalue weighted by Crippen LogP contribution is -2.19. The van der Waals surface area contributed by atoms with Gasteiger partial charge in [0.05, 0.1) is 0 Å². The van der Waals surface area contributed by atoms with Gasteiger partial charge in [-0.15, -0.1) is 0 Å². The van der Waals surface area contributed by atoms with Crippen LogP contribution in [0.3, 0.4) is 0 Å². The summed E-state index contributed by atoms with van der Waals surface area (Å²) in [4.78, 5) is 19.8. The van der Waals surface area contributed by atoms with Gasteiger partial charge in [-0.1, -0.05) is 39.9 Å². The zero-order valence-electron chi connectivity index (χ0n) is 5.66. The van der Waals surface area contributed by atoms with Crippen molar-refractivity contribution in [2.75, 3.05) is 11.0 Å². The van der Waals surface area contributed by atoms with E-state index < -0.39 is 6.04 Å². The van der Waals surface area contributed by atoms with Crippen LogP contribution in [-0.2, 0) is 0 Å². The molecule has 2 unspecified atom stereocenters. The van der Waals surface area contributed by atoms with Crippen molar-refractivity contribution in [2.45, 2.75) is 13.0 Å². The summed E-state index contributed by atoms with van der Waals surface area (Å²) in [5, 5.41) is 5.43. The zero-order valence-corrected chi connectivity index (χ0v) is 7.82. The Bertz CT molecular complexity index is 120. The Morgan fingerprint density at radius 2 is 2.10 bits per heavy atom. The van der Waals surface area contributed by atoms with Crippen LogP contribution in [0.1, 0.15) is 6.92 Å². The lowest BCUT2D eigenvalue weighted by molar-refractivity contribution is 0.513. The number of hydrogen-bond donors (Lipinski definition) is 0. The van der Waals surface area contributed by atoms with Gasteiger partial charge in [0.15, 0.2) is 0 Å². The van der Waals surface area contributed by atoms with Crippen molar-refractivity contribution in [3.05, 3.63) is 9.81 Å². The van der Waals surface area contributed by atoms with Gasteiger partial charge >= 0.3 is 0 Å². The van der Waals surface area contributed by atoms with E-state index in [-0.39, 0.29) is 12.5 Å². The fraction of sp³-hybridized carbons (Fsp3) is 1.00. The molecule has 2 atom stereocenters. The molecule has 0 aromatic heterocycles. The molecule has 0 heterocycles. The summed E-state index contributed by atoms with van der Waals surface area (Å²) in [5.74, 6) is 0.149. The molecule has 0 saturated heterocycles. The molecule has 0 aliphatic rings. The second-order valence-electron chi connectivity index (χ2n) is 2.12. The maximum Gasteiger partial charge on any atom is 0.118 e. The van der Waals surface area contributed by atoms with E-state index in [2.05, 4.69) is 32.9 Å². The quantitative estimate of drug-likeness (QED) is 0.429. The molecule has 0 spiro atoms. The van der Waals surface area contributed by atoms with Crippen molar-refractivity contribution in [3.8, 4) is 0 Å². The van der Waals surface area contributed by atoms with Gasteiger partial charge in [0.25, 0.3) is 0 Å². The molecule has 0 bridgehead atoms.